The molecule has 2 rings (SSSR count). The Balaban J connectivity index is 0.00000312. The number of para-hydroxylation sites is 1. The molecule has 0 saturated carbocycles. The average molecular weight is 373 g/mol. The number of rotatable bonds is 10. The Morgan fingerprint density at radius 3 is 2.08 bits per heavy atom. The quantitative estimate of drug-likeness (QED) is 0.588. The van der Waals surface area contributed by atoms with E-state index in [0.29, 0.717) is 12.4 Å². The normalized spacial score (nSPS) is 15.5. The molecule has 1 fully saturated rings. The third kappa shape index (κ3) is 7.30. The Morgan fingerprint density at radius 1 is 0.880 bits per heavy atom. The fourth-order valence-corrected chi connectivity index (χ4v) is 3.00. The highest BCUT2D eigenvalue weighted by Crippen LogP contribution is 2.36. The van der Waals surface area contributed by atoms with Gasteiger partial charge < -0.3 is 24.0 Å². The highest BCUT2D eigenvalue weighted by atomic mass is 35.5. The lowest BCUT2D eigenvalue weighted by Crippen LogP contribution is -2.44. The Labute approximate surface area is 158 Å². The lowest BCUT2D eigenvalue weighted by molar-refractivity contribution is 0.151. The van der Waals surface area contributed by atoms with Crippen LogP contribution in [0.15, 0.2) is 18.2 Å². The predicted octanol–water partition coefficient (Wildman–Crippen LogP) is 3.31. The minimum absolute atomic E-state index is 0. The molecule has 1 aliphatic rings. The summed E-state index contributed by atoms with van der Waals surface area (Å²) in [5.41, 5.74) is 0. The van der Waals surface area contributed by atoms with E-state index in [9.17, 15) is 0 Å². The van der Waals surface area contributed by atoms with Gasteiger partial charge in [-0.1, -0.05) is 18.9 Å². The maximum Gasteiger partial charge on any atom is 0.203 e. The van der Waals surface area contributed by atoms with Crippen molar-refractivity contribution in [2.24, 2.45) is 0 Å². The van der Waals surface area contributed by atoms with Crippen LogP contribution in [0.3, 0.4) is 0 Å². The number of hydrogen-bond donors (Lipinski definition) is 0. The summed E-state index contributed by atoms with van der Waals surface area (Å²) in [6.45, 7) is 6.77. The van der Waals surface area contributed by atoms with Gasteiger partial charge in [-0.2, -0.15) is 0 Å². The first kappa shape index (κ1) is 21.9. The van der Waals surface area contributed by atoms with Crippen LogP contribution in [0.25, 0.3) is 0 Å². The second-order valence-corrected chi connectivity index (χ2v) is 6.40. The van der Waals surface area contributed by atoms with E-state index in [1.54, 1.807) is 14.2 Å². The molecule has 1 aromatic carbocycles. The molecule has 0 aliphatic carbocycles. The van der Waals surface area contributed by atoms with Gasteiger partial charge in [0.05, 0.1) is 20.8 Å². The van der Waals surface area contributed by atoms with Gasteiger partial charge in [0, 0.05) is 26.2 Å². The van der Waals surface area contributed by atoms with Crippen molar-refractivity contribution in [1.29, 1.82) is 0 Å². The van der Waals surface area contributed by atoms with Crippen LogP contribution in [0, 0.1) is 0 Å². The van der Waals surface area contributed by atoms with Crippen molar-refractivity contribution in [2.75, 3.05) is 60.6 Å². The summed E-state index contributed by atoms with van der Waals surface area (Å²) < 4.78 is 16.6. The molecule has 1 heterocycles. The maximum atomic E-state index is 5.89. The zero-order valence-electron chi connectivity index (χ0n) is 15.8. The number of ether oxygens (including phenoxy) is 3. The van der Waals surface area contributed by atoms with Crippen LogP contribution >= 0.6 is 12.4 Å². The van der Waals surface area contributed by atoms with Crippen LogP contribution in [0.1, 0.15) is 25.7 Å². The van der Waals surface area contributed by atoms with Gasteiger partial charge in [-0.15, -0.1) is 12.4 Å². The minimum Gasteiger partial charge on any atom is -0.493 e. The summed E-state index contributed by atoms with van der Waals surface area (Å²) in [6.07, 6.45) is 4.80. The van der Waals surface area contributed by atoms with E-state index >= 15 is 0 Å². The molecular weight excluding hydrogens is 340 g/mol. The second-order valence-electron chi connectivity index (χ2n) is 6.40. The van der Waals surface area contributed by atoms with Gasteiger partial charge in [-0.25, -0.2) is 0 Å². The predicted molar refractivity (Wildman–Crippen MR) is 105 cm³/mol. The molecule has 1 aromatic rings. The molecule has 0 N–H and O–H groups in total. The Bertz CT molecular complexity index is 457. The molecule has 0 amide bonds. The number of halogens is 1. The molecule has 5 nitrogen and oxygen atoms in total. The molecule has 0 atom stereocenters. The van der Waals surface area contributed by atoms with E-state index in [4.69, 9.17) is 14.2 Å². The average Bonchev–Trinajstić information content (AvgIpc) is 2.62. The third-order valence-electron chi connectivity index (χ3n) is 4.59. The van der Waals surface area contributed by atoms with Gasteiger partial charge in [-0.05, 0) is 38.6 Å². The number of nitrogens with zero attached hydrogens (tertiary/aromatic N) is 2. The lowest BCUT2D eigenvalue weighted by Gasteiger charge is -2.32. The largest absolute Gasteiger partial charge is 0.493 e. The Hall–Kier alpha value is -1.17. The minimum atomic E-state index is 0. The molecule has 0 aromatic heterocycles. The SMILES string of the molecule is COc1cccc(OC)c1OCCCCCCN1CCN(C)CC1.Cl. The first-order valence-electron chi connectivity index (χ1n) is 8.99. The molecule has 144 valence electrons. The molecule has 0 spiro atoms. The second kappa shape index (κ2) is 12.2. The van der Waals surface area contributed by atoms with Gasteiger partial charge in [0.2, 0.25) is 5.75 Å². The monoisotopic (exact) mass is 372 g/mol. The fourth-order valence-electron chi connectivity index (χ4n) is 3.00. The summed E-state index contributed by atoms with van der Waals surface area (Å²) in [6, 6.07) is 5.70. The van der Waals surface area contributed by atoms with Gasteiger partial charge in [0.25, 0.3) is 0 Å². The van der Waals surface area contributed by atoms with Gasteiger partial charge >= 0.3 is 0 Å². The highest BCUT2D eigenvalue weighted by molar-refractivity contribution is 5.85. The zero-order chi connectivity index (χ0) is 17.2. The van der Waals surface area contributed by atoms with E-state index in [1.165, 1.54) is 52.0 Å². The molecule has 6 heteroatoms. The van der Waals surface area contributed by atoms with E-state index in [2.05, 4.69) is 16.8 Å². The fraction of sp³-hybridized carbons (Fsp3) is 0.684. The number of hydrogen-bond acceptors (Lipinski definition) is 5. The van der Waals surface area contributed by atoms with E-state index in [-0.39, 0.29) is 12.4 Å². The van der Waals surface area contributed by atoms with Gasteiger partial charge in [0.15, 0.2) is 11.5 Å². The van der Waals surface area contributed by atoms with Gasteiger partial charge in [0.1, 0.15) is 0 Å². The highest BCUT2D eigenvalue weighted by Gasteiger charge is 2.13. The van der Waals surface area contributed by atoms with Crippen LogP contribution < -0.4 is 14.2 Å². The third-order valence-corrected chi connectivity index (χ3v) is 4.59. The molecule has 0 bridgehead atoms. The van der Waals surface area contributed by atoms with Crippen LogP contribution in [0.2, 0.25) is 0 Å². The van der Waals surface area contributed by atoms with Crippen molar-refractivity contribution in [3.63, 3.8) is 0 Å². The van der Waals surface area contributed by atoms with Crippen molar-refractivity contribution in [2.45, 2.75) is 25.7 Å². The summed E-state index contributed by atoms with van der Waals surface area (Å²) in [5.74, 6) is 2.16. The molecule has 1 aliphatic heterocycles. The Kier molecular flexibility index (Phi) is 10.7. The van der Waals surface area contributed by atoms with E-state index < -0.39 is 0 Å². The Morgan fingerprint density at radius 2 is 1.48 bits per heavy atom. The van der Waals surface area contributed by atoms with Crippen LogP contribution in [-0.2, 0) is 0 Å². The number of piperazine rings is 1. The zero-order valence-corrected chi connectivity index (χ0v) is 16.6. The number of unbranched alkanes of at least 4 members (excludes halogenated alkanes) is 3. The summed E-state index contributed by atoms with van der Waals surface area (Å²) in [7, 11) is 5.51. The maximum absolute atomic E-state index is 5.89. The van der Waals surface area contributed by atoms with Crippen molar-refractivity contribution in [3.05, 3.63) is 18.2 Å². The van der Waals surface area contributed by atoms with Crippen LogP contribution in [0.4, 0.5) is 0 Å². The standard InChI is InChI=1S/C19H32N2O3.ClH/c1-20-12-14-21(15-13-20)11-6-4-5-7-16-24-19-17(22-2)9-8-10-18(19)23-3;/h8-10H,4-7,11-16H2,1-3H3;1H. The van der Waals surface area contributed by atoms with E-state index in [1.807, 2.05) is 18.2 Å². The number of benzene rings is 1. The number of likely N-dealkylation sites (N-methyl/N-ethyl adjacent to an activating group) is 1. The lowest BCUT2D eigenvalue weighted by atomic mass is 10.2. The smallest absolute Gasteiger partial charge is 0.203 e. The molecule has 1 saturated heterocycles. The topological polar surface area (TPSA) is 34.2 Å². The molecular formula is C19H33ClN2O3. The van der Waals surface area contributed by atoms with Crippen molar-refractivity contribution in [3.8, 4) is 17.2 Å². The van der Waals surface area contributed by atoms with Gasteiger partial charge in [-0.3, -0.25) is 0 Å². The first-order chi connectivity index (χ1) is 11.7. The summed E-state index contributed by atoms with van der Waals surface area (Å²) in [4.78, 5) is 4.98. The van der Waals surface area contributed by atoms with Crippen LogP contribution in [-0.4, -0.2) is 70.4 Å². The first-order valence-corrected chi connectivity index (χ1v) is 8.99. The molecule has 0 radical (unpaired) electrons. The van der Waals surface area contributed by atoms with Crippen molar-refractivity contribution in [1.82, 2.24) is 9.80 Å². The molecule has 0 unspecified atom stereocenters. The van der Waals surface area contributed by atoms with Crippen LogP contribution in [0.5, 0.6) is 17.2 Å². The van der Waals surface area contributed by atoms with E-state index in [0.717, 1.165) is 17.9 Å². The van der Waals surface area contributed by atoms with Crippen molar-refractivity contribution >= 4 is 12.4 Å². The summed E-state index contributed by atoms with van der Waals surface area (Å²) >= 11 is 0. The molecule has 25 heavy (non-hydrogen) atoms. The summed E-state index contributed by atoms with van der Waals surface area (Å²) in [5, 5.41) is 0. The van der Waals surface area contributed by atoms with Crippen molar-refractivity contribution < 1.29 is 14.2 Å². The number of methoxy groups -OCH3 is 2.